The molecule has 2 N–H and O–H groups in total. The van der Waals surface area contributed by atoms with Gasteiger partial charge in [0.15, 0.2) is 0 Å². The van der Waals surface area contributed by atoms with Crippen molar-refractivity contribution < 1.29 is 23.2 Å². The van der Waals surface area contributed by atoms with Gasteiger partial charge in [0.1, 0.15) is 11.6 Å². The van der Waals surface area contributed by atoms with Crippen molar-refractivity contribution in [3.05, 3.63) is 59.2 Å². The molecule has 1 aliphatic rings. The SMILES string of the molecule is CC(=O)N1CCc2cc(NC(=O)CCNC(=O)c3ccc(F)cc3F)ccc21. The van der Waals surface area contributed by atoms with Crippen molar-refractivity contribution in [3.8, 4) is 0 Å². The summed E-state index contributed by atoms with van der Waals surface area (Å²) in [5.41, 5.74) is 2.15. The van der Waals surface area contributed by atoms with Gasteiger partial charge >= 0.3 is 0 Å². The summed E-state index contributed by atoms with van der Waals surface area (Å²) in [4.78, 5) is 37.2. The first-order valence-corrected chi connectivity index (χ1v) is 8.79. The van der Waals surface area contributed by atoms with Gasteiger partial charge in [0.25, 0.3) is 5.91 Å². The Morgan fingerprint density at radius 3 is 2.61 bits per heavy atom. The van der Waals surface area contributed by atoms with Crippen molar-refractivity contribution in [2.24, 2.45) is 0 Å². The molecule has 146 valence electrons. The maximum absolute atomic E-state index is 13.6. The Balaban J connectivity index is 1.51. The molecule has 28 heavy (non-hydrogen) atoms. The molecule has 0 bridgehead atoms. The fourth-order valence-corrected chi connectivity index (χ4v) is 3.09. The molecule has 8 heteroatoms. The lowest BCUT2D eigenvalue weighted by atomic mass is 10.1. The van der Waals surface area contributed by atoms with E-state index in [1.54, 1.807) is 17.0 Å². The maximum Gasteiger partial charge on any atom is 0.254 e. The molecule has 0 atom stereocenters. The minimum absolute atomic E-state index is 0.00450. The number of anilines is 2. The highest BCUT2D eigenvalue weighted by atomic mass is 19.1. The summed E-state index contributed by atoms with van der Waals surface area (Å²) in [7, 11) is 0. The Morgan fingerprint density at radius 2 is 1.89 bits per heavy atom. The molecule has 1 heterocycles. The lowest BCUT2D eigenvalue weighted by molar-refractivity contribution is -0.117. The topological polar surface area (TPSA) is 78.5 Å². The smallest absolute Gasteiger partial charge is 0.254 e. The average Bonchev–Trinajstić information content (AvgIpc) is 3.05. The molecule has 0 radical (unpaired) electrons. The number of carbonyl (C=O) groups excluding carboxylic acids is 3. The molecular formula is C20H19F2N3O3. The van der Waals surface area contributed by atoms with Crippen molar-refractivity contribution >= 4 is 29.1 Å². The van der Waals surface area contributed by atoms with Crippen LogP contribution in [0.5, 0.6) is 0 Å². The second-order valence-electron chi connectivity index (χ2n) is 6.44. The van der Waals surface area contributed by atoms with Gasteiger partial charge in [-0.15, -0.1) is 0 Å². The molecule has 0 saturated heterocycles. The molecule has 0 saturated carbocycles. The van der Waals surface area contributed by atoms with E-state index in [-0.39, 0.29) is 30.3 Å². The summed E-state index contributed by atoms with van der Waals surface area (Å²) in [6, 6.07) is 8.00. The second kappa shape index (κ2) is 8.16. The summed E-state index contributed by atoms with van der Waals surface area (Å²) < 4.78 is 26.4. The molecule has 0 aliphatic carbocycles. The Morgan fingerprint density at radius 1 is 1.11 bits per heavy atom. The largest absolute Gasteiger partial charge is 0.351 e. The van der Waals surface area contributed by atoms with E-state index in [4.69, 9.17) is 0 Å². The number of rotatable bonds is 5. The van der Waals surface area contributed by atoms with Crippen LogP contribution in [0.3, 0.4) is 0 Å². The van der Waals surface area contributed by atoms with E-state index in [2.05, 4.69) is 10.6 Å². The first-order valence-electron chi connectivity index (χ1n) is 8.79. The number of nitrogens with zero attached hydrogens (tertiary/aromatic N) is 1. The normalized spacial score (nSPS) is 12.5. The monoisotopic (exact) mass is 387 g/mol. The van der Waals surface area contributed by atoms with Gasteiger partial charge in [-0.05, 0) is 42.3 Å². The molecule has 6 nitrogen and oxygen atoms in total. The van der Waals surface area contributed by atoms with E-state index in [9.17, 15) is 23.2 Å². The third-order valence-electron chi connectivity index (χ3n) is 4.45. The van der Waals surface area contributed by atoms with E-state index < -0.39 is 17.5 Å². The Kier molecular flexibility index (Phi) is 5.67. The van der Waals surface area contributed by atoms with Crippen LogP contribution in [0.25, 0.3) is 0 Å². The minimum atomic E-state index is -0.959. The van der Waals surface area contributed by atoms with Gasteiger partial charge in [0, 0.05) is 43.9 Å². The van der Waals surface area contributed by atoms with Crippen LogP contribution in [0.15, 0.2) is 36.4 Å². The van der Waals surface area contributed by atoms with E-state index in [1.807, 2.05) is 6.07 Å². The highest BCUT2D eigenvalue weighted by molar-refractivity contribution is 5.96. The van der Waals surface area contributed by atoms with Crippen LogP contribution >= 0.6 is 0 Å². The van der Waals surface area contributed by atoms with Crippen LogP contribution in [-0.2, 0) is 16.0 Å². The van der Waals surface area contributed by atoms with Gasteiger partial charge in [-0.25, -0.2) is 8.78 Å². The molecule has 3 amide bonds. The van der Waals surface area contributed by atoms with Crippen LogP contribution in [-0.4, -0.2) is 30.8 Å². The molecule has 0 spiro atoms. The lowest BCUT2D eigenvalue weighted by Gasteiger charge is -2.15. The van der Waals surface area contributed by atoms with Crippen molar-refractivity contribution in [1.29, 1.82) is 0 Å². The van der Waals surface area contributed by atoms with E-state index >= 15 is 0 Å². The summed E-state index contributed by atoms with van der Waals surface area (Å²) in [5.74, 6) is -2.79. The quantitative estimate of drug-likeness (QED) is 0.828. The lowest BCUT2D eigenvalue weighted by Crippen LogP contribution is -2.28. The van der Waals surface area contributed by atoms with E-state index in [0.717, 1.165) is 29.8 Å². The molecule has 3 rings (SSSR count). The maximum atomic E-state index is 13.6. The minimum Gasteiger partial charge on any atom is -0.351 e. The third-order valence-corrected chi connectivity index (χ3v) is 4.45. The zero-order valence-electron chi connectivity index (χ0n) is 15.2. The fourth-order valence-electron chi connectivity index (χ4n) is 3.09. The summed E-state index contributed by atoms with van der Waals surface area (Å²) in [6.07, 6.45) is 0.711. The van der Waals surface area contributed by atoms with Gasteiger partial charge in [-0.2, -0.15) is 0 Å². The van der Waals surface area contributed by atoms with Crippen LogP contribution in [0.4, 0.5) is 20.2 Å². The number of carbonyl (C=O) groups is 3. The number of halogens is 2. The fraction of sp³-hybridized carbons (Fsp3) is 0.250. The number of nitrogens with one attached hydrogen (secondary N) is 2. The first kappa shape index (κ1) is 19.5. The Bertz CT molecular complexity index is 946. The van der Waals surface area contributed by atoms with Gasteiger partial charge < -0.3 is 15.5 Å². The predicted octanol–water partition coefficient (Wildman–Crippen LogP) is 2.63. The Labute approximate surface area is 160 Å². The van der Waals surface area contributed by atoms with Gasteiger partial charge in [0.05, 0.1) is 5.56 Å². The highest BCUT2D eigenvalue weighted by Gasteiger charge is 2.22. The number of benzene rings is 2. The summed E-state index contributed by atoms with van der Waals surface area (Å²) in [5, 5.41) is 5.16. The molecule has 0 aromatic heterocycles. The Hall–Kier alpha value is -3.29. The molecular weight excluding hydrogens is 368 g/mol. The molecule has 0 unspecified atom stereocenters. The second-order valence-corrected chi connectivity index (χ2v) is 6.44. The van der Waals surface area contributed by atoms with Crippen molar-refractivity contribution in [3.63, 3.8) is 0 Å². The van der Waals surface area contributed by atoms with Crippen LogP contribution in [0.1, 0.15) is 29.3 Å². The van der Waals surface area contributed by atoms with E-state index in [1.165, 1.54) is 6.92 Å². The van der Waals surface area contributed by atoms with Crippen molar-refractivity contribution in [1.82, 2.24) is 5.32 Å². The summed E-state index contributed by atoms with van der Waals surface area (Å²) in [6.45, 7) is 2.13. The van der Waals surface area contributed by atoms with Gasteiger partial charge in [-0.3, -0.25) is 14.4 Å². The van der Waals surface area contributed by atoms with Crippen molar-refractivity contribution in [2.45, 2.75) is 19.8 Å². The number of amides is 3. The van der Waals surface area contributed by atoms with Crippen LogP contribution < -0.4 is 15.5 Å². The summed E-state index contributed by atoms with van der Waals surface area (Å²) >= 11 is 0. The molecule has 2 aromatic rings. The molecule has 2 aromatic carbocycles. The zero-order chi connectivity index (χ0) is 20.3. The standard InChI is InChI=1S/C20H19F2N3O3/c1-12(26)25-9-7-13-10-15(3-5-18(13)25)24-19(27)6-8-23-20(28)16-4-2-14(21)11-17(16)22/h2-5,10-11H,6-9H2,1H3,(H,23,28)(H,24,27). The third kappa shape index (κ3) is 4.33. The van der Waals surface area contributed by atoms with Gasteiger partial charge in [-0.1, -0.05) is 0 Å². The van der Waals surface area contributed by atoms with Crippen molar-refractivity contribution in [2.75, 3.05) is 23.3 Å². The van der Waals surface area contributed by atoms with Gasteiger partial charge in [0.2, 0.25) is 11.8 Å². The number of fused-ring (bicyclic) bond motifs is 1. The predicted molar refractivity (Wildman–Crippen MR) is 100 cm³/mol. The molecule has 0 fully saturated rings. The van der Waals surface area contributed by atoms with Crippen LogP contribution in [0.2, 0.25) is 0 Å². The van der Waals surface area contributed by atoms with E-state index in [0.29, 0.717) is 18.3 Å². The zero-order valence-corrected chi connectivity index (χ0v) is 15.2. The van der Waals surface area contributed by atoms with Crippen LogP contribution in [0, 0.1) is 11.6 Å². The first-order chi connectivity index (χ1) is 13.3. The highest BCUT2D eigenvalue weighted by Crippen LogP contribution is 2.30. The average molecular weight is 387 g/mol. The molecule has 1 aliphatic heterocycles. The number of hydrogen-bond acceptors (Lipinski definition) is 3. The number of hydrogen-bond donors (Lipinski definition) is 2.